The Morgan fingerprint density at radius 1 is 1.44 bits per heavy atom. The minimum absolute atomic E-state index is 0.00570. The quantitative estimate of drug-likeness (QED) is 0.472. The van der Waals surface area contributed by atoms with Gasteiger partial charge in [-0.15, -0.1) is 0 Å². The largest absolute Gasteiger partial charge is 0.388 e. The molecule has 1 fully saturated rings. The molecular weight excluding hydrogens is 228 g/mol. The second-order valence-corrected chi connectivity index (χ2v) is 5.92. The number of nitrogens with zero attached hydrogens (tertiary/aromatic N) is 1. The molecule has 0 spiro atoms. The normalized spacial score (nSPS) is 20.6. The van der Waals surface area contributed by atoms with Crippen LogP contribution in [0.25, 0.3) is 0 Å². The molecule has 0 aromatic rings. The average molecular weight is 248 g/mol. The van der Waals surface area contributed by atoms with Crippen molar-refractivity contribution in [3.05, 3.63) is 0 Å². The van der Waals surface area contributed by atoms with Crippen LogP contribution in [0.5, 0.6) is 0 Å². The van der Waals surface area contributed by atoms with Gasteiger partial charge in [0, 0.05) is 25.6 Å². The van der Waals surface area contributed by atoms with Crippen molar-refractivity contribution in [2.75, 3.05) is 13.1 Å². The van der Waals surface area contributed by atoms with Crippen molar-refractivity contribution in [3.8, 4) is 0 Å². The number of hydrogen-bond acceptors (Lipinski definition) is 3. The maximum atomic E-state index is 11.9. The van der Waals surface area contributed by atoms with E-state index >= 15 is 0 Å². The highest BCUT2D eigenvalue weighted by atomic mass is 32.2. The Hall–Kier alpha value is -0.660. The first-order valence-electron chi connectivity index (χ1n) is 5.52. The first-order chi connectivity index (χ1) is 7.42. The van der Waals surface area contributed by atoms with Crippen LogP contribution in [0.15, 0.2) is 0 Å². The van der Waals surface area contributed by atoms with Crippen LogP contribution in [0.2, 0.25) is 0 Å². The van der Waals surface area contributed by atoms with Crippen LogP contribution in [-0.4, -0.2) is 37.7 Å². The van der Waals surface area contributed by atoms with Gasteiger partial charge in [0.25, 0.3) is 10.2 Å². The maximum absolute atomic E-state index is 11.9. The van der Waals surface area contributed by atoms with E-state index in [1.54, 1.807) is 6.92 Å². The molecule has 1 rings (SSSR count). The lowest BCUT2D eigenvalue weighted by Crippen LogP contribution is -2.47. The van der Waals surface area contributed by atoms with Gasteiger partial charge in [0.2, 0.25) is 0 Å². The van der Waals surface area contributed by atoms with Gasteiger partial charge in [0.1, 0.15) is 0 Å². The Balaban J connectivity index is 2.53. The lowest BCUT2D eigenvalue weighted by atomic mass is 10.2. The first kappa shape index (κ1) is 13.4. The second kappa shape index (κ2) is 5.60. The second-order valence-electron chi connectivity index (χ2n) is 4.21. The smallest absolute Gasteiger partial charge is 0.279 e. The summed E-state index contributed by atoms with van der Waals surface area (Å²) in [5, 5.41) is 7.11. The molecule has 7 heteroatoms. The zero-order valence-electron chi connectivity index (χ0n) is 9.57. The van der Waals surface area contributed by atoms with Crippen LogP contribution >= 0.6 is 0 Å². The van der Waals surface area contributed by atoms with Crippen molar-refractivity contribution in [2.24, 2.45) is 5.73 Å². The van der Waals surface area contributed by atoms with Crippen molar-refractivity contribution in [1.29, 1.82) is 5.41 Å². The number of amidine groups is 1. The summed E-state index contributed by atoms with van der Waals surface area (Å²) in [5.41, 5.74) is 5.23. The average Bonchev–Trinajstić information content (AvgIpc) is 2.16. The van der Waals surface area contributed by atoms with Crippen molar-refractivity contribution in [2.45, 2.75) is 38.6 Å². The van der Waals surface area contributed by atoms with E-state index in [0.717, 1.165) is 19.3 Å². The van der Waals surface area contributed by atoms with Crippen LogP contribution < -0.4 is 10.5 Å². The van der Waals surface area contributed by atoms with Gasteiger partial charge in [-0.3, -0.25) is 5.41 Å². The molecule has 6 nitrogen and oxygen atoms in total. The molecule has 0 saturated carbocycles. The number of nitrogens with one attached hydrogen (secondary N) is 2. The van der Waals surface area contributed by atoms with E-state index < -0.39 is 10.2 Å². The molecule has 94 valence electrons. The van der Waals surface area contributed by atoms with Gasteiger partial charge in [-0.05, 0) is 19.8 Å². The summed E-state index contributed by atoms with van der Waals surface area (Å²) >= 11 is 0. The Bertz CT molecular complexity index is 335. The minimum Gasteiger partial charge on any atom is -0.388 e. The van der Waals surface area contributed by atoms with E-state index in [2.05, 4.69) is 4.72 Å². The van der Waals surface area contributed by atoms with Crippen LogP contribution in [0.4, 0.5) is 0 Å². The zero-order chi connectivity index (χ0) is 12.2. The summed E-state index contributed by atoms with van der Waals surface area (Å²) in [7, 11) is -3.40. The van der Waals surface area contributed by atoms with Gasteiger partial charge < -0.3 is 5.73 Å². The highest BCUT2D eigenvalue weighted by Crippen LogP contribution is 2.12. The predicted molar refractivity (Wildman–Crippen MR) is 63.5 cm³/mol. The number of hydrogen-bond donors (Lipinski definition) is 3. The van der Waals surface area contributed by atoms with Crippen molar-refractivity contribution in [3.63, 3.8) is 0 Å². The van der Waals surface area contributed by atoms with Crippen LogP contribution in [0.3, 0.4) is 0 Å². The predicted octanol–water partition coefficient (Wildman–Crippen LogP) is 0.0213. The Labute approximate surface area is 96.9 Å². The van der Waals surface area contributed by atoms with Crippen molar-refractivity contribution >= 4 is 16.0 Å². The molecule has 1 saturated heterocycles. The SMILES string of the molecule is CC(CC(=N)N)NS(=O)(=O)N1CCCCC1. The van der Waals surface area contributed by atoms with Gasteiger partial charge in [0.15, 0.2) is 0 Å². The highest BCUT2D eigenvalue weighted by molar-refractivity contribution is 7.87. The number of rotatable bonds is 5. The molecule has 1 unspecified atom stereocenters. The molecule has 1 heterocycles. The molecule has 1 atom stereocenters. The number of piperidine rings is 1. The summed E-state index contributed by atoms with van der Waals surface area (Å²) in [6, 6.07) is -0.329. The van der Waals surface area contributed by atoms with E-state index in [4.69, 9.17) is 11.1 Å². The Morgan fingerprint density at radius 2 is 2.00 bits per heavy atom. The molecular formula is C9H20N4O2S. The molecule has 4 N–H and O–H groups in total. The van der Waals surface area contributed by atoms with E-state index in [1.807, 2.05) is 0 Å². The van der Waals surface area contributed by atoms with Crippen LogP contribution in [0.1, 0.15) is 32.6 Å². The molecule has 0 aliphatic carbocycles. The maximum Gasteiger partial charge on any atom is 0.279 e. The van der Waals surface area contributed by atoms with Gasteiger partial charge in [0.05, 0.1) is 5.84 Å². The van der Waals surface area contributed by atoms with Crippen LogP contribution in [0, 0.1) is 5.41 Å². The monoisotopic (exact) mass is 248 g/mol. The molecule has 0 aromatic carbocycles. The third-order valence-corrected chi connectivity index (χ3v) is 4.28. The number of nitrogens with two attached hydrogens (primary N) is 1. The van der Waals surface area contributed by atoms with Gasteiger partial charge in [-0.25, -0.2) is 0 Å². The summed E-state index contributed by atoms with van der Waals surface area (Å²) in [6.07, 6.45) is 3.17. The van der Waals surface area contributed by atoms with Crippen molar-refractivity contribution < 1.29 is 8.42 Å². The van der Waals surface area contributed by atoms with E-state index in [1.165, 1.54) is 4.31 Å². The van der Waals surface area contributed by atoms with Gasteiger partial charge in [-0.1, -0.05) is 6.42 Å². The molecule has 0 radical (unpaired) electrons. The molecule has 0 bridgehead atoms. The first-order valence-corrected chi connectivity index (χ1v) is 6.96. The summed E-state index contributed by atoms with van der Waals surface area (Å²) in [6.45, 7) is 2.88. The van der Waals surface area contributed by atoms with Crippen molar-refractivity contribution in [1.82, 2.24) is 9.03 Å². The van der Waals surface area contributed by atoms with Crippen LogP contribution in [-0.2, 0) is 10.2 Å². The van der Waals surface area contributed by atoms with E-state index in [0.29, 0.717) is 13.1 Å². The minimum atomic E-state index is -3.40. The standard InChI is InChI=1S/C9H20N4O2S/c1-8(7-9(10)11)12-16(14,15)13-5-3-2-4-6-13/h8,12H,2-7H2,1H3,(H3,10,11). The molecule has 0 aromatic heterocycles. The fourth-order valence-electron chi connectivity index (χ4n) is 1.81. The fourth-order valence-corrected chi connectivity index (χ4v) is 3.29. The molecule has 16 heavy (non-hydrogen) atoms. The van der Waals surface area contributed by atoms with E-state index in [-0.39, 0.29) is 18.3 Å². The molecule has 0 amide bonds. The third-order valence-electron chi connectivity index (χ3n) is 2.53. The molecule has 1 aliphatic heterocycles. The molecule has 1 aliphatic rings. The lowest BCUT2D eigenvalue weighted by Gasteiger charge is -2.27. The third kappa shape index (κ3) is 4.07. The topological polar surface area (TPSA) is 99.3 Å². The summed E-state index contributed by atoms with van der Waals surface area (Å²) < 4.78 is 27.8. The highest BCUT2D eigenvalue weighted by Gasteiger charge is 2.25. The Morgan fingerprint density at radius 3 is 2.50 bits per heavy atom. The zero-order valence-corrected chi connectivity index (χ0v) is 10.4. The van der Waals surface area contributed by atoms with Gasteiger partial charge in [-0.2, -0.15) is 17.4 Å². The lowest BCUT2D eigenvalue weighted by molar-refractivity contribution is 0.339. The van der Waals surface area contributed by atoms with E-state index in [9.17, 15) is 8.42 Å². The Kier molecular flexibility index (Phi) is 4.69. The summed E-state index contributed by atoms with van der Waals surface area (Å²) in [5.74, 6) is -0.00570. The van der Waals surface area contributed by atoms with Gasteiger partial charge >= 0.3 is 0 Å². The summed E-state index contributed by atoms with van der Waals surface area (Å²) in [4.78, 5) is 0. The fraction of sp³-hybridized carbons (Fsp3) is 0.889.